The highest BCUT2D eigenvalue weighted by Crippen LogP contribution is 2.22. The van der Waals surface area contributed by atoms with E-state index in [9.17, 15) is 4.79 Å². The molecule has 2 heterocycles. The number of carbonyl (C=O) groups excluding carboxylic acids is 1. The average molecular weight is 324 g/mol. The van der Waals surface area contributed by atoms with Crippen molar-refractivity contribution in [3.8, 4) is 0 Å². The van der Waals surface area contributed by atoms with Crippen LogP contribution in [0.2, 0.25) is 5.02 Å². The Morgan fingerprint density at radius 3 is 2.59 bits per heavy atom. The Balaban J connectivity index is 2.13. The predicted octanol–water partition coefficient (Wildman–Crippen LogP) is 2.81. The largest absolute Gasteiger partial charge is 0.348 e. The van der Waals surface area contributed by atoms with Gasteiger partial charge in [-0.15, -0.1) is 0 Å². The van der Waals surface area contributed by atoms with E-state index in [0.29, 0.717) is 5.02 Å². The standard InChI is InChI=1S/C15H22ClN5O/c1-6-20-11(4)14(10(3)19-20)9(2)18-15(22)12(5)21-8-13(16)7-17-21/h7-9,12H,6H2,1-5H3,(H,18,22)/t9-,12+/m1/s1. The summed E-state index contributed by atoms with van der Waals surface area (Å²) in [7, 11) is 0. The molecule has 0 aliphatic carbocycles. The number of hydrogen-bond donors (Lipinski definition) is 1. The van der Waals surface area contributed by atoms with Crippen molar-refractivity contribution >= 4 is 17.5 Å². The van der Waals surface area contributed by atoms with Gasteiger partial charge in [-0.25, -0.2) is 0 Å². The van der Waals surface area contributed by atoms with E-state index in [0.717, 1.165) is 23.5 Å². The Morgan fingerprint density at radius 1 is 1.41 bits per heavy atom. The Hall–Kier alpha value is -1.82. The van der Waals surface area contributed by atoms with Crippen LogP contribution in [0.15, 0.2) is 12.4 Å². The van der Waals surface area contributed by atoms with Gasteiger partial charge in [0.25, 0.3) is 0 Å². The minimum Gasteiger partial charge on any atom is -0.348 e. The monoisotopic (exact) mass is 323 g/mol. The molecule has 0 saturated carbocycles. The first-order valence-corrected chi connectivity index (χ1v) is 7.76. The minimum absolute atomic E-state index is 0.102. The van der Waals surface area contributed by atoms with Crippen LogP contribution in [0.5, 0.6) is 0 Å². The molecule has 0 aliphatic heterocycles. The van der Waals surface area contributed by atoms with Crippen molar-refractivity contribution < 1.29 is 4.79 Å². The highest BCUT2D eigenvalue weighted by atomic mass is 35.5. The first-order chi connectivity index (χ1) is 10.3. The van der Waals surface area contributed by atoms with E-state index >= 15 is 0 Å². The summed E-state index contributed by atoms with van der Waals surface area (Å²) in [6, 6.07) is -0.530. The summed E-state index contributed by atoms with van der Waals surface area (Å²) in [5.41, 5.74) is 3.10. The summed E-state index contributed by atoms with van der Waals surface area (Å²) in [6.07, 6.45) is 3.16. The van der Waals surface area contributed by atoms with Gasteiger partial charge in [-0.05, 0) is 34.6 Å². The van der Waals surface area contributed by atoms with Crippen molar-refractivity contribution in [2.24, 2.45) is 0 Å². The molecule has 1 N–H and O–H groups in total. The molecule has 0 bridgehead atoms. The van der Waals surface area contributed by atoms with E-state index < -0.39 is 6.04 Å². The number of hydrogen-bond acceptors (Lipinski definition) is 3. The SMILES string of the molecule is CCn1nc(C)c([C@@H](C)NC(=O)[C@H](C)n2cc(Cl)cn2)c1C. The molecule has 7 heteroatoms. The molecule has 1 amide bonds. The zero-order valence-corrected chi connectivity index (χ0v) is 14.3. The summed E-state index contributed by atoms with van der Waals surface area (Å²) in [5, 5.41) is 12.1. The van der Waals surface area contributed by atoms with E-state index in [2.05, 4.69) is 22.4 Å². The topological polar surface area (TPSA) is 64.7 Å². The molecule has 120 valence electrons. The second-order valence-corrected chi connectivity index (χ2v) is 5.88. The zero-order chi connectivity index (χ0) is 16.4. The van der Waals surface area contributed by atoms with Crippen LogP contribution in [0, 0.1) is 13.8 Å². The zero-order valence-electron chi connectivity index (χ0n) is 13.6. The summed E-state index contributed by atoms with van der Waals surface area (Å²) in [6.45, 7) is 10.6. The molecule has 2 aromatic heterocycles. The molecule has 0 radical (unpaired) electrons. The number of halogens is 1. The summed E-state index contributed by atoms with van der Waals surface area (Å²) >= 11 is 5.85. The molecule has 0 unspecified atom stereocenters. The second-order valence-electron chi connectivity index (χ2n) is 5.45. The van der Waals surface area contributed by atoms with Crippen LogP contribution < -0.4 is 5.32 Å². The number of nitrogens with zero attached hydrogens (tertiary/aromatic N) is 4. The Labute approximate surface area is 135 Å². The lowest BCUT2D eigenvalue weighted by Crippen LogP contribution is -2.33. The average Bonchev–Trinajstić information content (AvgIpc) is 3.01. The van der Waals surface area contributed by atoms with E-state index in [4.69, 9.17) is 11.6 Å². The van der Waals surface area contributed by atoms with Crippen LogP contribution in [0.3, 0.4) is 0 Å². The fraction of sp³-hybridized carbons (Fsp3) is 0.533. The van der Waals surface area contributed by atoms with Crippen molar-refractivity contribution in [2.45, 2.75) is 53.2 Å². The third-order valence-corrected chi connectivity index (χ3v) is 4.07. The van der Waals surface area contributed by atoms with Crippen LogP contribution >= 0.6 is 11.6 Å². The molecular formula is C15H22ClN5O. The molecule has 0 aliphatic rings. The Bertz CT molecular complexity index is 676. The van der Waals surface area contributed by atoms with Gasteiger partial charge in [-0.3, -0.25) is 14.2 Å². The molecule has 2 aromatic rings. The van der Waals surface area contributed by atoms with Gasteiger partial charge in [0, 0.05) is 24.0 Å². The predicted molar refractivity (Wildman–Crippen MR) is 85.9 cm³/mol. The number of carbonyl (C=O) groups is 1. The molecule has 2 atom stereocenters. The van der Waals surface area contributed by atoms with Crippen molar-refractivity contribution in [3.63, 3.8) is 0 Å². The number of aromatic nitrogens is 4. The van der Waals surface area contributed by atoms with Crippen LogP contribution in [-0.2, 0) is 11.3 Å². The van der Waals surface area contributed by atoms with Gasteiger partial charge < -0.3 is 5.32 Å². The maximum Gasteiger partial charge on any atom is 0.245 e. The van der Waals surface area contributed by atoms with Gasteiger partial charge in [0.15, 0.2) is 0 Å². The minimum atomic E-state index is -0.420. The van der Waals surface area contributed by atoms with Crippen molar-refractivity contribution in [1.29, 1.82) is 0 Å². The van der Waals surface area contributed by atoms with E-state index in [1.54, 1.807) is 17.8 Å². The third-order valence-electron chi connectivity index (χ3n) is 3.88. The molecule has 2 rings (SSSR count). The smallest absolute Gasteiger partial charge is 0.245 e. The van der Waals surface area contributed by atoms with Crippen LogP contribution in [0.1, 0.15) is 49.8 Å². The van der Waals surface area contributed by atoms with E-state index in [1.165, 1.54) is 6.20 Å². The molecule has 6 nitrogen and oxygen atoms in total. The van der Waals surface area contributed by atoms with Gasteiger partial charge in [0.1, 0.15) is 6.04 Å². The van der Waals surface area contributed by atoms with Crippen LogP contribution in [0.25, 0.3) is 0 Å². The molecule has 0 aromatic carbocycles. The molecule has 0 spiro atoms. The molecule has 0 saturated heterocycles. The summed E-state index contributed by atoms with van der Waals surface area (Å²) in [5.74, 6) is -0.102. The lowest BCUT2D eigenvalue weighted by molar-refractivity contribution is -0.124. The summed E-state index contributed by atoms with van der Waals surface area (Å²) < 4.78 is 3.50. The first-order valence-electron chi connectivity index (χ1n) is 7.39. The molecular weight excluding hydrogens is 302 g/mol. The fourth-order valence-corrected chi connectivity index (χ4v) is 2.84. The van der Waals surface area contributed by atoms with Crippen LogP contribution in [0.4, 0.5) is 0 Å². The van der Waals surface area contributed by atoms with Crippen molar-refractivity contribution in [3.05, 3.63) is 34.4 Å². The van der Waals surface area contributed by atoms with Crippen molar-refractivity contribution in [2.75, 3.05) is 0 Å². The highest BCUT2D eigenvalue weighted by molar-refractivity contribution is 6.30. The van der Waals surface area contributed by atoms with Gasteiger partial charge in [0.2, 0.25) is 5.91 Å². The van der Waals surface area contributed by atoms with Gasteiger partial charge >= 0.3 is 0 Å². The van der Waals surface area contributed by atoms with E-state index in [-0.39, 0.29) is 11.9 Å². The maximum absolute atomic E-state index is 12.4. The van der Waals surface area contributed by atoms with E-state index in [1.807, 2.05) is 25.5 Å². The number of amides is 1. The fourth-order valence-electron chi connectivity index (χ4n) is 2.70. The normalized spacial score (nSPS) is 13.9. The highest BCUT2D eigenvalue weighted by Gasteiger charge is 2.22. The maximum atomic E-state index is 12.4. The summed E-state index contributed by atoms with van der Waals surface area (Å²) in [4.78, 5) is 12.4. The number of aryl methyl sites for hydroxylation is 2. The molecule has 22 heavy (non-hydrogen) atoms. The Kier molecular flexibility index (Phi) is 4.90. The Morgan fingerprint density at radius 2 is 2.09 bits per heavy atom. The number of nitrogens with one attached hydrogen (secondary N) is 1. The third kappa shape index (κ3) is 3.16. The van der Waals surface area contributed by atoms with Crippen LogP contribution in [-0.4, -0.2) is 25.5 Å². The first kappa shape index (κ1) is 16.5. The molecule has 0 fully saturated rings. The second kappa shape index (κ2) is 6.52. The van der Waals surface area contributed by atoms with Crippen molar-refractivity contribution in [1.82, 2.24) is 24.9 Å². The lowest BCUT2D eigenvalue weighted by Gasteiger charge is -2.18. The van der Waals surface area contributed by atoms with Gasteiger partial charge in [-0.2, -0.15) is 10.2 Å². The van der Waals surface area contributed by atoms with Gasteiger partial charge in [0.05, 0.1) is 23.0 Å². The number of rotatable bonds is 5. The lowest BCUT2D eigenvalue weighted by atomic mass is 10.1. The van der Waals surface area contributed by atoms with Gasteiger partial charge in [-0.1, -0.05) is 11.6 Å². The quantitative estimate of drug-likeness (QED) is 0.920.